The summed E-state index contributed by atoms with van der Waals surface area (Å²) in [6.45, 7) is 5.12. The van der Waals surface area contributed by atoms with Crippen LogP contribution in [0.4, 0.5) is 0 Å². The van der Waals surface area contributed by atoms with Crippen LogP contribution in [0, 0.1) is 5.92 Å². The van der Waals surface area contributed by atoms with E-state index in [2.05, 4.69) is 15.1 Å². The molecule has 0 radical (unpaired) electrons. The van der Waals surface area contributed by atoms with E-state index in [1.54, 1.807) is 6.26 Å². The van der Waals surface area contributed by atoms with Gasteiger partial charge in [-0.3, -0.25) is 14.6 Å². The van der Waals surface area contributed by atoms with Crippen LogP contribution in [0.25, 0.3) is 0 Å². The highest BCUT2D eigenvalue weighted by Gasteiger charge is 2.30. The Morgan fingerprint density at radius 3 is 2.50 bits per heavy atom. The highest BCUT2D eigenvalue weighted by molar-refractivity contribution is 5.79. The Balaban J connectivity index is 1.21. The molecule has 2 aliphatic heterocycles. The average molecular weight is 388 g/mol. The van der Waals surface area contributed by atoms with E-state index >= 15 is 0 Å². The number of likely N-dealkylation sites (tertiary alicyclic amines) is 2. The smallest absolute Gasteiger partial charge is 0.223 e. The molecular weight excluding hydrogens is 350 g/mol. The van der Waals surface area contributed by atoms with Crippen LogP contribution in [-0.4, -0.2) is 54.0 Å². The van der Waals surface area contributed by atoms with Crippen molar-refractivity contribution in [3.05, 3.63) is 24.2 Å². The molecule has 1 N–H and O–H groups in total. The monoisotopic (exact) mass is 387 g/mol. The molecular formula is C23H37N3O2. The van der Waals surface area contributed by atoms with Gasteiger partial charge in [-0.15, -0.1) is 0 Å². The summed E-state index contributed by atoms with van der Waals surface area (Å²) in [6.07, 6.45) is 14.3. The predicted molar refractivity (Wildman–Crippen MR) is 111 cm³/mol. The lowest BCUT2D eigenvalue weighted by Gasteiger charge is -2.39. The number of nitrogens with zero attached hydrogens (tertiary/aromatic N) is 2. The molecule has 28 heavy (non-hydrogen) atoms. The van der Waals surface area contributed by atoms with Crippen molar-refractivity contribution < 1.29 is 9.21 Å². The second-order valence-corrected chi connectivity index (χ2v) is 9.12. The van der Waals surface area contributed by atoms with Crippen molar-refractivity contribution in [3.8, 4) is 0 Å². The molecule has 1 aromatic heterocycles. The predicted octanol–water partition coefficient (Wildman–Crippen LogP) is 3.80. The first kappa shape index (κ1) is 20.0. The maximum atomic E-state index is 12.9. The van der Waals surface area contributed by atoms with E-state index < -0.39 is 0 Å². The Morgan fingerprint density at radius 1 is 1.00 bits per heavy atom. The van der Waals surface area contributed by atoms with Crippen molar-refractivity contribution in [1.82, 2.24) is 15.1 Å². The Hall–Kier alpha value is -1.33. The van der Waals surface area contributed by atoms with Crippen molar-refractivity contribution in [1.29, 1.82) is 0 Å². The molecule has 4 rings (SSSR count). The first-order valence-corrected chi connectivity index (χ1v) is 11.6. The van der Waals surface area contributed by atoms with Gasteiger partial charge in [0.1, 0.15) is 5.76 Å². The third kappa shape index (κ3) is 5.38. The van der Waals surface area contributed by atoms with Crippen LogP contribution in [0.5, 0.6) is 0 Å². The average Bonchev–Trinajstić information content (AvgIpc) is 3.08. The van der Waals surface area contributed by atoms with E-state index in [1.807, 2.05) is 12.1 Å². The summed E-state index contributed by atoms with van der Waals surface area (Å²) in [5.74, 6) is 1.50. The Labute approximate surface area is 169 Å². The van der Waals surface area contributed by atoms with Crippen LogP contribution in [0.3, 0.4) is 0 Å². The van der Waals surface area contributed by atoms with Gasteiger partial charge < -0.3 is 9.73 Å². The van der Waals surface area contributed by atoms with Gasteiger partial charge in [0.15, 0.2) is 0 Å². The van der Waals surface area contributed by atoms with Crippen LogP contribution in [0.15, 0.2) is 22.8 Å². The van der Waals surface area contributed by atoms with E-state index in [1.165, 1.54) is 51.5 Å². The number of carbonyl (C=O) groups is 1. The van der Waals surface area contributed by atoms with E-state index in [0.717, 1.165) is 57.2 Å². The van der Waals surface area contributed by atoms with Gasteiger partial charge in [0.05, 0.1) is 12.8 Å². The van der Waals surface area contributed by atoms with Crippen molar-refractivity contribution in [2.75, 3.05) is 26.2 Å². The topological polar surface area (TPSA) is 48.7 Å². The fraction of sp³-hybridized carbons (Fsp3) is 0.783. The lowest BCUT2D eigenvalue weighted by Crippen LogP contribution is -2.52. The highest BCUT2D eigenvalue weighted by atomic mass is 16.3. The molecule has 0 bridgehead atoms. The van der Waals surface area contributed by atoms with Gasteiger partial charge in [-0.2, -0.15) is 0 Å². The molecule has 156 valence electrons. The van der Waals surface area contributed by atoms with Gasteiger partial charge in [-0.25, -0.2) is 0 Å². The summed E-state index contributed by atoms with van der Waals surface area (Å²) < 4.78 is 5.45. The number of nitrogens with one attached hydrogen (secondary N) is 1. The van der Waals surface area contributed by atoms with Gasteiger partial charge >= 0.3 is 0 Å². The summed E-state index contributed by atoms with van der Waals surface area (Å²) in [4.78, 5) is 17.9. The van der Waals surface area contributed by atoms with E-state index in [0.29, 0.717) is 11.9 Å². The van der Waals surface area contributed by atoms with Crippen molar-refractivity contribution in [3.63, 3.8) is 0 Å². The zero-order valence-electron chi connectivity index (χ0n) is 17.3. The summed E-state index contributed by atoms with van der Waals surface area (Å²) in [5, 5.41) is 3.42. The first-order valence-electron chi connectivity index (χ1n) is 11.6. The minimum Gasteiger partial charge on any atom is -0.468 e. The third-order valence-corrected chi connectivity index (χ3v) is 7.06. The molecule has 1 saturated carbocycles. The number of carbonyl (C=O) groups excluding carboxylic acids is 1. The Morgan fingerprint density at radius 2 is 1.79 bits per heavy atom. The zero-order valence-corrected chi connectivity index (χ0v) is 17.3. The van der Waals surface area contributed by atoms with Crippen molar-refractivity contribution in [2.24, 2.45) is 5.92 Å². The summed E-state index contributed by atoms with van der Waals surface area (Å²) in [6, 6.07) is 5.08. The fourth-order valence-corrected chi connectivity index (χ4v) is 5.37. The standard InChI is InChI=1S/C23H37N3O2/c27-23(19-11-14-25(15-12-19)18-22-10-6-16-28-22)24-20-7-5-13-26(17-20)21-8-3-1-2-4-9-21/h6,10,16,19-21H,1-5,7-9,11-15,17-18H2,(H,24,27)/t20-/m1/s1. The fourth-order valence-electron chi connectivity index (χ4n) is 5.37. The molecule has 3 heterocycles. The molecule has 1 aliphatic carbocycles. The molecule has 5 heteroatoms. The molecule has 0 spiro atoms. The molecule has 1 atom stereocenters. The summed E-state index contributed by atoms with van der Waals surface area (Å²) in [5.41, 5.74) is 0. The first-order chi connectivity index (χ1) is 13.8. The molecule has 5 nitrogen and oxygen atoms in total. The molecule has 1 aromatic rings. The molecule has 2 saturated heterocycles. The molecule has 1 amide bonds. The van der Waals surface area contributed by atoms with E-state index in [4.69, 9.17) is 4.42 Å². The summed E-state index contributed by atoms with van der Waals surface area (Å²) >= 11 is 0. The second kappa shape index (κ2) is 9.93. The molecule has 3 fully saturated rings. The summed E-state index contributed by atoms with van der Waals surface area (Å²) in [7, 11) is 0. The Kier molecular flexibility index (Phi) is 7.08. The zero-order chi connectivity index (χ0) is 19.2. The second-order valence-electron chi connectivity index (χ2n) is 9.12. The van der Waals surface area contributed by atoms with Gasteiger partial charge in [0.2, 0.25) is 5.91 Å². The minimum absolute atomic E-state index is 0.182. The van der Waals surface area contributed by atoms with Gasteiger partial charge in [0.25, 0.3) is 0 Å². The quantitative estimate of drug-likeness (QED) is 0.781. The lowest BCUT2D eigenvalue weighted by molar-refractivity contribution is -0.127. The number of hydrogen-bond donors (Lipinski definition) is 1. The maximum Gasteiger partial charge on any atom is 0.223 e. The third-order valence-electron chi connectivity index (χ3n) is 7.06. The highest BCUT2D eigenvalue weighted by Crippen LogP contribution is 2.25. The van der Waals surface area contributed by atoms with Crippen LogP contribution >= 0.6 is 0 Å². The number of hydrogen-bond acceptors (Lipinski definition) is 4. The van der Waals surface area contributed by atoms with Gasteiger partial charge in [-0.05, 0) is 70.3 Å². The SMILES string of the molecule is O=C(N[C@@H]1CCCN(C2CCCCCC2)C1)C1CCN(Cc2ccco2)CC1. The number of furan rings is 1. The van der Waals surface area contributed by atoms with E-state index in [-0.39, 0.29) is 5.92 Å². The van der Waals surface area contributed by atoms with Crippen LogP contribution < -0.4 is 5.32 Å². The van der Waals surface area contributed by atoms with Crippen molar-refractivity contribution >= 4 is 5.91 Å². The number of amides is 1. The van der Waals surface area contributed by atoms with Gasteiger partial charge in [0, 0.05) is 24.5 Å². The van der Waals surface area contributed by atoms with Crippen LogP contribution in [0.2, 0.25) is 0 Å². The molecule has 3 aliphatic rings. The van der Waals surface area contributed by atoms with Crippen LogP contribution in [-0.2, 0) is 11.3 Å². The number of rotatable bonds is 5. The molecule has 0 unspecified atom stereocenters. The maximum absolute atomic E-state index is 12.9. The van der Waals surface area contributed by atoms with Crippen LogP contribution in [0.1, 0.15) is 70.0 Å². The normalized spacial score (nSPS) is 26.8. The lowest BCUT2D eigenvalue weighted by atomic mass is 9.94. The van der Waals surface area contributed by atoms with E-state index in [9.17, 15) is 4.79 Å². The van der Waals surface area contributed by atoms with Crippen molar-refractivity contribution in [2.45, 2.75) is 82.8 Å². The Bertz CT molecular complexity index is 587. The molecule has 0 aromatic carbocycles. The largest absolute Gasteiger partial charge is 0.468 e. The number of piperidine rings is 2. The van der Waals surface area contributed by atoms with Gasteiger partial charge in [-0.1, -0.05) is 25.7 Å². The minimum atomic E-state index is 0.182.